The molecule has 0 aromatic heterocycles. The van der Waals surface area contributed by atoms with Crippen molar-refractivity contribution in [2.45, 2.75) is 58.0 Å². The van der Waals surface area contributed by atoms with Crippen molar-refractivity contribution in [1.82, 2.24) is 4.90 Å². The molecule has 0 saturated heterocycles. The Hall–Kier alpha value is -0.0800. The monoisotopic (exact) mass is 225 g/mol. The summed E-state index contributed by atoms with van der Waals surface area (Å²) >= 11 is 0. The van der Waals surface area contributed by atoms with Crippen LogP contribution in [0.15, 0.2) is 0 Å². The van der Waals surface area contributed by atoms with Crippen LogP contribution in [0.4, 0.5) is 0 Å². The molecular weight excluding hydrogens is 198 g/mol. The summed E-state index contributed by atoms with van der Waals surface area (Å²) in [7, 11) is 0. The Balaban J connectivity index is 1.79. The summed E-state index contributed by atoms with van der Waals surface area (Å²) in [6.07, 6.45) is 8.98. The summed E-state index contributed by atoms with van der Waals surface area (Å²) in [5.74, 6) is 1.52. The maximum atomic E-state index is 10.1. The van der Waals surface area contributed by atoms with Crippen molar-refractivity contribution >= 4 is 0 Å². The average molecular weight is 225 g/mol. The van der Waals surface area contributed by atoms with Crippen molar-refractivity contribution < 1.29 is 5.11 Å². The molecule has 0 radical (unpaired) electrons. The normalized spacial score (nSPS) is 31.7. The van der Waals surface area contributed by atoms with Gasteiger partial charge in [0.1, 0.15) is 0 Å². The Morgan fingerprint density at radius 3 is 2.44 bits per heavy atom. The van der Waals surface area contributed by atoms with Gasteiger partial charge in [0.15, 0.2) is 0 Å². The van der Waals surface area contributed by atoms with Gasteiger partial charge in [-0.1, -0.05) is 26.2 Å². The minimum Gasteiger partial charge on any atom is -0.393 e. The minimum atomic E-state index is -0.0317. The van der Waals surface area contributed by atoms with E-state index in [4.69, 9.17) is 0 Å². The number of nitrogens with zero attached hydrogens (tertiary/aromatic N) is 1. The SMILES string of the molecule is CCN(CC1CC1)CC1CCCCCC1O. The Morgan fingerprint density at radius 2 is 1.75 bits per heavy atom. The lowest BCUT2D eigenvalue weighted by atomic mass is 9.96. The van der Waals surface area contributed by atoms with Gasteiger partial charge in [0.2, 0.25) is 0 Å². The zero-order valence-electron chi connectivity index (χ0n) is 10.7. The van der Waals surface area contributed by atoms with Crippen LogP contribution in [0.3, 0.4) is 0 Å². The molecule has 0 amide bonds. The molecule has 2 aliphatic carbocycles. The first kappa shape index (κ1) is 12.4. The van der Waals surface area contributed by atoms with Crippen LogP contribution in [-0.4, -0.2) is 35.7 Å². The van der Waals surface area contributed by atoms with Crippen LogP contribution < -0.4 is 0 Å². The number of rotatable bonds is 5. The quantitative estimate of drug-likeness (QED) is 0.727. The molecule has 2 unspecified atom stereocenters. The van der Waals surface area contributed by atoms with Crippen molar-refractivity contribution in [2.75, 3.05) is 19.6 Å². The van der Waals surface area contributed by atoms with Crippen LogP contribution in [-0.2, 0) is 0 Å². The van der Waals surface area contributed by atoms with E-state index in [0.717, 1.165) is 25.4 Å². The van der Waals surface area contributed by atoms with E-state index in [-0.39, 0.29) is 6.10 Å². The fourth-order valence-corrected chi connectivity index (χ4v) is 2.91. The zero-order valence-corrected chi connectivity index (χ0v) is 10.7. The number of aliphatic hydroxyl groups excluding tert-OH is 1. The number of hydrogen-bond acceptors (Lipinski definition) is 2. The molecule has 0 heterocycles. The van der Waals surface area contributed by atoms with Crippen LogP contribution >= 0.6 is 0 Å². The van der Waals surface area contributed by atoms with Crippen LogP contribution in [0.25, 0.3) is 0 Å². The molecule has 2 fully saturated rings. The highest BCUT2D eigenvalue weighted by atomic mass is 16.3. The van der Waals surface area contributed by atoms with E-state index in [1.165, 1.54) is 45.1 Å². The molecule has 0 aromatic rings. The smallest absolute Gasteiger partial charge is 0.0580 e. The summed E-state index contributed by atoms with van der Waals surface area (Å²) in [5.41, 5.74) is 0. The fourth-order valence-electron chi connectivity index (χ4n) is 2.91. The number of aliphatic hydroxyl groups is 1. The van der Waals surface area contributed by atoms with Gasteiger partial charge in [-0.25, -0.2) is 0 Å². The highest BCUT2D eigenvalue weighted by molar-refractivity contribution is 4.80. The van der Waals surface area contributed by atoms with Gasteiger partial charge in [-0.3, -0.25) is 0 Å². The highest BCUT2D eigenvalue weighted by Crippen LogP contribution is 2.31. The number of hydrogen-bond donors (Lipinski definition) is 1. The van der Waals surface area contributed by atoms with E-state index in [2.05, 4.69) is 11.8 Å². The summed E-state index contributed by atoms with van der Waals surface area (Å²) < 4.78 is 0. The molecule has 2 atom stereocenters. The molecule has 0 bridgehead atoms. The minimum absolute atomic E-state index is 0.0317. The second kappa shape index (κ2) is 6.02. The molecule has 94 valence electrons. The lowest BCUT2D eigenvalue weighted by Gasteiger charge is -2.28. The van der Waals surface area contributed by atoms with Gasteiger partial charge in [-0.05, 0) is 44.1 Å². The van der Waals surface area contributed by atoms with E-state index < -0.39 is 0 Å². The van der Waals surface area contributed by atoms with Gasteiger partial charge in [0.05, 0.1) is 6.10 Å². The highest BCUT2D eigenvalue weighted by Gasteiger charge is 2.27. The zero-order chi connectivity index (χ0) is 11.4. The summed E-state index contributed by atoms with van der Waals surface area (Å²) in [5, 5.41) is 10.1. The van der Waals surface area contributed by atoms with Crippen LogP contribution in [0.1, 0.15) is 51.9 Å². The van der Waals surface area contributed by atoms with Gasteiger partial charge >= 0.3 is 0 Å². The lowest BCUT2D eigenvalue weighted by Crippen LogP contribution is -2.36. The van der Waals surface area contributed by atoms with Gasteiger partial charge in [0, 0.05) is 13.1 Å². The van der Waals surface area contributed by atoms with Crippen molar-refractivity contribution in [1.29, 1.82) is 0 Å². The van der Waals surface area contributed by atoms with Crippen LogP contribution in [0, 0.1) is 11.8 Å². The third-order valence-electron chi connectivity index (χ3n) is 4.27. The molecular formula is C14H27NO. The molecule has 2 saturated carbocycles. The Labute approximate surface area is 100 Å². The fraction of sp³-hybridized carbons (Fsp3) is 1.00. The van der Waals surface area contributed by atoms with E-state index in [1.54, 1.807) is 0 Å². The average Bonchev–Trinajstić information content (AvgIpc) is 3.09. The summed E-state index contributed by atoms with van der Waals surface area (Å²) in [6, 6.07) is 0. The largest absolute Gasteiger partial charge is 0.393 e. The standard InChI is InChI=1S/C14H27NO/c1-2-15(10-12-8-9-12)11-13-6-4-3-5-7-14(13)16/h12-14,16H,2-11H2,1H3. The van der Waals surface area contributed by atoms with E-state index in [9.17, 15) is 5.11 Å². The predicted molar refractivity (Wildman–Crippen MR) is 67.4 cm³/mol. The van der Waals surface area contributed by atoms with Gasteiger partial charge in [0.25, 0.3) is 0 Å². The summed E-state index contributed by atoms with van der Waals surface area (Å²) in [4.78, 5) is 2.57. The molecule has 0 spiro atoms. The maximum Gasteiger partial charge on any atom is 0.0580 e. The lowest BCUT2D eigenvalue weighted by molar-refractivity contribution is 0.0735. The van der Waals surface area contributed by atoms with Crippen molar-refractivity contribution in [2.24, 2.45) is 11.8 Å². The van der Waals surface area contributed by atoms with Gasteiger partial charge in [-0.15, -0.1) is 0 Å². The molecule has 0 aliphatic heterocycles. The second-order valence-corrected chi connectivity index (χ2v) is 5.76. The van der Waals surface area contributed by atoms with E-state index in [0.29, 0.717) is 5.92 Å². The predicted octanol–water partition coefficient (Wildman–Crippen LogP) is 2.66. The Morgan fingerprint density at radius 1 is 1.00 bits per heavy atom. The topological polar surface area (TPSA) is 23.5 Å². The molecule has 16 heavy (non-hydrogen) atoms. The molecule has 2 aliphatic rings. The van der Waals surface area contributed by atoms with Crippen LogP contribution in [0.2, 0.25) is 0 Å². The third kappa shape index (κ3) is 3.74. The van der Waals surface area contributed by atoms with Gasteiger partial charge in [-0.2, -0.15) is 0 Å². The first-order chi connectivity index (χ1) is 7.79. The summed E-state index contributed by atoms with van der Waals surface area (Å²) in [6.45, 7) is 5.82. The first-order valence-electron chi connectivity index (χ1n) is 7.20. The van der Waals surface area contributed by atoms with E-state index in [1.807, 2.05) is 0 Å². The molecule has 1 N–H and O–H groups in total. The van der Waals surface area contributed by atoms with Crippen molar-refractivity contribution in [3.63, 3.8) is 0 Å². The molecule has 0 aromatic carbocycles. The van der Waals surface area contributed by atoms with Crippen molar-refractivity contribution in [3.8, 4) is 0 Å². The second-order valence-electron chi connectivity index (χ2n) is 5.76. The molecule has 2 heteroatoms. The van der Waals surface area contributed by atoms with Crippen molar-refractivity contribution in [3.05, 3.63) is 0 Å². The Bertz CT molecular complexity index is 203. The Kier molecular flexibility index (Phi) is 4.66. The van der Waals surface area contributed by atoms with E-state index >= 15 is 0 Å². The maximum absolute atomic E-state index is 10.1. The van der Waals surface area contributed by atoms with Crippen LogP contribution in [0.5, 0.6) is 0 Å². The molecule has 2 rings (SSSR count). The van der Waals surface area contributed by atoms with Gasteiger partial charge < -0.3 is 10.0 Å². The third-order valence-corrected chi connectivity index (χ3v) is 4.27. The molecule has 2 nitrogen and oxygen atoms in total. The first-order valence-corrected chi connectivity index (χ1v) is 7.20.